The lowest BCUT2D eigenvalue weighted by Crippen LogP contribution is -2.20. The molecular weight excluding hydrogens is 526 g/mol. The summed E-state index contributed by atoms with van der Waals surface area (Å²) in [7, 11) is 3.05. The number of rotatable bonds is 9. The molecular formula is C24H21BrClN3O5. The van der Waals surface area contributed by atoms with Gasteiger partial charge in [-0.1, -0.05) is 11.6 Å². The summed E-state index contributed by atoms with van der Waals surface area (Å²) in [5, 5.41) is 7.25. The second-order valence-corrected chi connectivity index (χ2v) is 8.10. The van der Waals surface area contributed by atoms with Crippen LogP contribution in [0.3, 0.4) is 0 Å². The smallest absolute Gasteiger partial charge is 0.271 e. The number of hydrazone groups is 1. The van der Waals surface area contributed by atoms with Crippen molar-refractivity contribution in [2.75, 3.05) is 26.1 Å². The summed E-state index contributed by atoms with van der Waals surface area (Å²) < 4.78 is 16.7. The lowest BCUT2D eigenvalue weighted by Gasteiger charge is -2.13. The summed E-state index contributed by atoms with van der Waals surface area (Å²) in [6.07, 6.45) is 1.46. The molecule has 0 radical (unpaired) electrons. The predicted molar refractivity (Wildman–Crippen MR) is 134 cm³/mol. The van der Waals surface area contributed by atoms with Crippen LogP contribution in [0.15, 0.2) is 70.2 Å². The van der Waals surface area contributed by atoms with Crippen molar-refractivity contribution in [1.29, 1.82) is 0 Å². The van der Waals surface area contributed by atoms with Gasteiger partial charge in [-0.25, -0.2) is 5.43 Å². The van der Waals surface area contributed by atoms with E-state index in [2.05, 4.69) is 31.8 Å². The van der Waals surface area contributed by atoms with Gasteiger partial charge in [0.05, 0.1) is 24.9 Å². The lowest BCUT2D eigenvalue weighted by molar-refractivity contribution is -0.118. The lowest BCUT2D eigenvalue weighted by atomic mass is 10.2. The van der Waals surface area contributed by atoms with Gasteiger partial charge in [0.1, 0.15) is 5.75 Å². The number of carbonyl (C=O) groups is 2. The molecule has 0 atom stereocenters. The fourth-order valence-electron chi connectivity index (χ4n) is 2.79. The number of hydrogen-bond acceptors (Lipinski definition) is 6. The Labute approximate surface area is 210 Å². The number of nitrogens with one attached hydrogen (secondary N) is 2. The van der Waals surface area contributed by atoms with Crippen LogP contribution in [-0.2, 0) is 4.79 Å². The first kappa shape index (κ1) is 25.1. The Morgan fingerprint density at radius 1 is 1.03 bits per heavy atom. The Morgan fingerprint density at radius 2 is 1.74 bits per heavy atom. The van der Waals surface area contributed by atoms with Crippen LogP contribution in [0.5, 0.6) is 17.2 Å². The summed E-state index contributed by atoms with van der Waals surface area (Å²) >= 11 is 9.25. The Hall–Kier alpha value is -3.56. The average Bonchev–Trinajstić information content (AvgIpc) is 2.84. The number of amides is 2. The van der Waals surface area contributed by atoms with Gasteiger partial charge >= 0.3 is 0 Å². The zero-order chi connectivity index (χ0) is 24.5. The van der Waals surface area contributed by atoms with Crippen LogP contribution >= 0.6 is 27.5 Å². The molecule has 10 heteroatoms. The standard InChI is InChI=1S/C24H21BrClN3O5/c1-32-19-9-7-18(8-10-19)28-22(30)14-34-23-20(25)11-15(12-21(23)33-2)13-27-29-24(31)16-3-5-17(26)6-4-16/h3-13H,14H2,1-2H3,(H,28,30)(H,29,31)/b27-13+. The van der Waals surface area contributed by atoms with Crippen molar-refractivity contribution in [1.82, 2.24) is 5.43 Å². The minimum atomic E-state index is -0.373. The summed E-state index contributed by atoms with van der Waals surface area (Å²) in [5.74, 6) is 0.722. The van der Waals surface area contributed by atoms with Gasteiger partial charge in [-0.3, -0.25) is 9.59 Å². The number of halogens is 2. The van der Waals surface area contributed by atoms with E-state index in [1.165, 1.54) is 13.3 Å². The molecule has 0 heterocycles. The molecule has 0 spiro atoms. The second kappa shape index (κ2) is 12.1. The summed E-state index contributed by atoms with van der Waals surface area (Å²) in [4.78, 5) is 24.4. The molecule has 8 nitrogen and oxygen atoms in total. The van der Waals surface area contributed by atoms with E-state index in [4.69, 9.17) is 25.8 Å². The van der Waals surface area contributed by atoms with Gasteiger partial charge in [0.25, 0.3) is 11.8 Å². The molecule has 0 aliphatic heterocycles. The molecule has 176 valence electrons. The third-order valence-corrected chi connectivity index (χ3v) is 5.30. The molecule has 0 saturated heterocycles. The largest absolute Gasteiger partial charge is 0.497 e. The van der Waals surface area contributed by atoms with E-state index >= 15 is 0 Å². The minimum absolute atomic E-state index is 0.231. The van der Waals surface area contributed by atoms with Gasteiger partial charge in [-0.2, -0.15) is 5.10 Å². The summed E-state index contributed by atoms with van der Waals surface area (Å²) in [5.41, 5.74) is 4.13. The van der Waals surface area contributed by atoms with Crippen LogP contribution < -0.4 is 25.0 Å². The van der Waals surface area contributed by atoms with E-state index in [0.717, 1.165) is 0 Å². The molecule has 2 amide bonds. The van der Waals surface area contributed by atoms with Gasteiger partial charge in [-0.05, 0) is 82.2 Å². The molecule has 0 aromatic heterocycles. The number of ether oxygens (including phenoxy) is 3. The molecule has 0 saturated carbocycles. The maximum absolute atomic E-state index is 12.3. The molecule has 34 heavy (non-hydrogen) atoms. The van der Waals surface area contributed by atoms with Crippen LogP contribution in [0.25, 0.3) is 0 Å². The molecule has 3 aromatic carbocycles. The number of anilines is 1. The zero-order valence-electron chi connectivity index (χ0n) is 18.3. The summed E-state index contributed by atoms with van der Waals surface area (Å²) in [6, 6.07) is 16.8. The van der Waals surface area contributed by atoms with Crippen LogP contribution in [0, 0.1) is 0 Å². The van der Waals surface area contributed by atoms with Crippen LogP contribution in [0.2, 0.25) is 5.02 Å². The Bertz CT molecular complexity index is 1180. The monoisotopic (exact) mass is 545 g/mol. The average molecular weight is 547 g/mol. The van der Waals surface area contributed by atoms with Crippen molar-refractivity contribution in [3.63, 3.8) is 0 Å². The highest BCUT2D eigenvalue weighted by Gasteiger charge is 2.14. The minimum Gasteiger partial charge on any atom is -0.497 e. The van der Waals surface area contributed by atoms with Crippen molar-refractivity contribution in [2.24, 2.45) is 5.10 Å². The Kier molecular flexibility index (Phi) is 8.89. The molecule has 0 fully saturated rings. The van der Waals surface area contributed by atoms with E-state index in [1.54, 1.807) is 67.8 Å². The normalized spacial score (nSPS) is 10.6. The number of benzene rings is 3. The van der Waals surface area contributed by atoms with Crippen molar-refractivity contribution >= 4 is 51.2 Å². The Balaban J connectivity index is 1.60. The first-order chi connectivity index (χ1) is 16.4. The van der Waals surface area contributed by atoms with Crippen LogP contribution in [0.1, 0.15) is 15.9 Å². The van der Waals surface area contributed by atoms with E-state index in [-0.39, 0.29) is 18.4 Å². The fraction of sp³-hybridized carbons (Fsp3) is 0.125. The number of hydrogen-bond donors (Lipinski definition) is 2. The van der Waals surface area contributed by atoms with Gasteiger partial charge in [0.2, 0.25) is 0 Å². The van der Waals surface area contributed by atoms with E-state index in [9.17, 15) is 9.59 Å². The molecule has 0 aliphatic rings. The quantitative estimate of drug-likeness (QED) is 0.294. The topological polar surface area (TPSA) is 98.3 Å². The molecule has 0 unspecified atom stereocenters. The first-order valence-electron chi connectivity index (χ1n) is 9.93. The third-order valence-electron chi connectivity index (χ3n) is 4.46. The highest BCUT2D eigenvalue weighted by Crippen LogP contribution is 2.36. The first-order valence-corrected chi connectivity index (χ1v) is 11.1. The van der Waals surface area contributed by atoms with E-state index < -0.39 is 0 Å². The van der Waals surface area contributed by atoms with Crippen molar-refractivity contribution < 1.29 is 23.8 Å². The number of methoxy groups -OCH3 is 2. The Morgan fingerprint density at radius 3 is 2.38 bits per heavy atom. The van der Waals surface area contributed by atoms with Gasteiger partial charge in [0.15, 0.2) is 18.1 Å². The van der Waals surface area contributed by atoms with Crippen LogP contribution in [-0.4, -0.2) is 38.9 Å². The molecule has 3 aromatic rings. The SMILES string of the molecule is COc1ccc(NC(=O)COc2c(Br)cc(/C=N/NC(=O)c3ccc(Cl)cc3)cc2OC)cc1. The van der Waals surface area contributed by atoms with E-state index in [1.807, 2.05) is 0 Å². The molecule has 2 N–H and O–H groups in total. The maximum atomic E-state index is 12.3. The van der Waals surface area contributed by atoms with Crippen molar-refractivity contribution in [3.8, 4) is 17.2 Å². The fourth-order valence-corrected chi connectivity index (χ4v) is 3.49. The third kappa shape index (κ3) is 6.97. The molecule has 0 bridgehead atoms. The number of carbonyl (C=O) groups excluding carboxylic acids is 2. The van der Waals surface area contributed by atoms with E-state index in [0.29, 0.717) is 43.6 Å². The van der Waals surface area contributed by atoms with Crippen molar-refractivity contribution in [3.05, 3.63) is 81.3 Å². The van der Waals surface area contributed by atoms with Crippen molar-refractivity contribution in [2.45, 2.75) is 0 Å². The summed E-state index contributed by atoms with van der Waals surface area (Å²) in [6.45, 7) is -0.231. The maximum Gasteiger partial charge on any atom is 0.271 e. The molecule has 3 rings (SSSR count). The highest BCUT2D eigenvalue weighted by atomic mass is 79.9. The zero-order valence-corrected chi connectivity index (χ0v) is 20.6. The number of nitrogens with zero attached hydrogens (tertiary/aromatic N) is 1. The molecule has 0 aliphatic carbocycles. The van der Waals surface area contributed by atoms with Gasteiger partial charge in [0, 0.05) is 16.3 Å². The second-order valence-electron chi connectivity index (χ2n) is 6.81. The van der Waals surface area contributed by atoms with Gasteiger partial charge in [-0.15, -0.1) is 0 Å². The van der Waals surface area contributed by atoms with Gasteiger partial charge < -0.3 is 19.5 Å². The predicted octanol–water partition coefficient (Wildman–Crippen LogP) is 4.90. The highest BCUT2D eigenvalue weighted by molar-refractivity contribution is 9.10. The van der Waals surface area contributed by atoms with Crippen LogP contribution in [0.4, 0.5) is 5.69 Å².